The molecule has 1 aromatic carbocycles. The van der Waals surface area contributed by atoms with E-state index in [1.807, 2.05) is 43.1 Å². The zero-order valence-electron chi connectivity index (χ0n) is 16.6. The number of rotatable bonds is 3. The van der Waals surface area contributed by atoms with Crippen LogP contribution in [0.5, 0.6) is 0 Å². The Morgan fingerprint density at radius 1 is 0.964 bits per heavy atom. The summed E-state index contributed by atoms with van der Waals surface area (Å²) in [5, 5.41) is 0. The molecule has 148 valence electrons. The van der Waals surface area contributed by atoms with Crippen molar-refractivity contribution in [1.29, 1.82) is 0 Å². The van der Waals surface area contributed by atoms with Crippen LogP contribution in [0.4, 0.5) is 11.8 Å². The van der Waals surface area contributed by atoms with Crippen LogP contribution < -0.4 is 9.80 Å². The van der Waals surface area contributed by atoms with Crippen LogP contribution in [0.1, 0.15) is 21.5 Å². The zero-order valence-corrected chi connectivity index (χ0v) is 16.6. The Labute approximate surface area is 165 Å². The molecule has 0 bridgehead atoms. The molecule has 0 unspecified atom stereocenters. The number of carbonyl (C=O) groups excluding carboxylic acids is 1. The number of aryl methyl sites for hydroxylation is 2. The van der Waals surface area contributed by atoms with Gasteiger partial charge in [0.05, 0.1) is 13.2 Å². The summed E-state index contributed by atoms with van der Waals surface area (Å²) in [5.74, 6) is 1.80. The number of carbonyl (C=O) groups is 1. The Bertz CT molecular complexity index is 842. The number of morpholine rings is 1. The minimum atomic E-state index is 0.119. The van der Waals surface area contributed by atoms with E-state index in [9.17, 15) is 4.79 Å². The van der Waals surface area contributed by atoms with Crippen molar-refractivity contribution in [2.75, 3.05) is 62.3 Å². The van der Waals surface area contributed by atoms with Crippen molar-refractivity contribution < 1.29 is 9.53 Å². The molecule has 1 aromatic heterocycles. The van der Waals surface area contributed by atoms with Gasteiger partial charge in [-0.05, 0) is 31.5 Å². The Hall–Kier alpha value is -2.67. The first-order valence-electron chi connectivity index (χ1n) is 9.89. The number of amides is 1. The molecule has 0 saturated carbocycles. The number of aromatic nitrogens is 2. The molecule has 7 nitrogen and oxygen atoms in total. The highest BCUT2D eigenvalue weighted by Crippen LogP contribution is 2.19. The second-order valence-electron chi connectivity index (χ2n) is 7.41. The van der Waals surface area contributed by atoms with E-state index >= 15 is 0 Å². The van der Waals surface area contributed by atoms with Gasteiger partial charge < -0.3 is 19.4 Å². The molecule has 2 fully saturated rings. The van der Waals surface area contributed by atoms with Crippen LogP contribution in [0.25, 0.3) is 0 Å². The lowest BCUT2D eigenvalue weighted by molar-refractivity contribution is 0.0746. The summed E-state index contributed by atoms with van der Waals surface area (Å²) < 4.78 is 5.41. The predicted octanol–water partition coefficient (Wildman–Crippen LogP) is 1.89. The van der Waals surface area contributed by atoms with Gasteiger partial charge in [0.1, 0.15) is 5.82 Å². The highest BCUT2D eigenvalue weighted by molar-refractivity contribution is 5.95. The van der Waals surface area contributed by atoms with Crippen LogP contribution in [0.15, 0.2) is 30.5 Å². The molecule has 1 amide bonds. The maximum atomic E-state index is 12.9. The predicted molar refractivity (Wildman–Crippen MR) is 109 cm³/mol. The molecular weight excluding hydrogens is 354 g/mol. The topological polar surface area (TPSA) is 61.8 Å². The van der Waals surface area contributed by atoms with Crippen molar-refractivity contribution >= 4 is 17.7 Å². The lowest BCUT2D eigenvalue weighted by atomic mass is 10.0. The quantitative estimate of drug-likeness (QED) is 0.809. The van der Waals surface area contributed by atoms with Gasteiger partial charge in [0, 0.05) is 51.0 Å². The molecule has 2 aliphatic rings. The summed E-state index contributed by atoms with van der Waals surface area (Å²) >= 11 is 0. The number of ether oxygens (including phenoxy) is 1. The fraction of sp³-hybridized carbons (Fsp3) is 0.476. The van der Waals surface area contributed by atoms with Crippen LogP contribution >= 0.6 is 0 Å². The average molecular weight is 381 g/mol. The smallest absolute Gasteiger partial charge is 0.254 e. The van der Waals surface area contributed by atoms with E-state index in [1.54, 1.807) is 0 Å². The van der Waals surface area contributed by atoms with Gasteiger partial charge in [0.15, 0.2) is 0 Å². The van der Waals surface area contributed by atoms with Crippen LogP contribution in [0.3, 0.4) is 0 Å². The summed E-state index contributed by atoms with van der Waals surface area (Å²) in [6, 6.07) is 7.96. The van der Waals surface area contributed by atoms with Gasteiger partial charge in [-0.15, -0.1) is 0 Å². The molecule has 0 atom stereocenters. The molecule has 0 aliphatic carbocycles. The third-order valence-electron chi connectivity index (χ3n) is 5.43. The van der Waals surface area contributed by atoms with Crippen molar-refractivity contribution in [2.45, 2.75) is 13.8 Å². The first kappa shape index (κ1) is 18.7. The van der Waals surface area contributed by atoms with Crippen molar-refractivity contribution in [3.8, 4) is 0 Å². The second kappa shape index (κ2) is 8.14. The SMILES string of the molecule is Cc1ccc(C(=O)N2CCN(c3ccnc(N4CCOCC4)n3)CC2)c(C)c1. The largest absolute Gasteiger partial charge is 0.378 e. The van der Waals surface area contributed by atoms with E-state index in [-0.39, 0.29) is 5.91 Å². The van der Waals surface area contributed by atoms with E-state index in [0.29, 0.717) is 26.3 Å². The van der Waals surface area contributed by atoms with Gasteiger partial charge in [-0.3, -0.25) is 4.79 Å². The van der Waals surface area contributed by atoms with Crippen molar-refractivity contribution in [2.24, 2.45) is 0 Å². The number of anilines is 2. The first-order chi connectivity index (χ1) is 13.6. The summed E-state index contributed by atoms with van der Waals surface area (Å²) in [4.78, 5) is 28.4. The molecule has 0 spiro atoms. The van der Waals surface area contributed by atoms with E-state index in [1.165, 1.54) is 5.56 Å². The zero-order chi connectivity index (χ0) is 19.5. The number of hydrogen-bond donors (Lipinski definition) is 0. The van der Waals surface area contributed by atoms with E-state index in [4.69, 9.17) is 9.72 Å². The molecule has 0 N–H and O–H groups in total. The van der Waals surface area contributed by atoms with Gasteiger partial charge in [0.2, 0.25) is 5.95 Å². The Kier molecular flexibility index (Phi) is 5.43. The number of nitrogens with zero attached hydrogens (tertiary/aromatic N) is 5. The van der Waals surface area contributed by atoms with E-state index < -0.39 is 0 Å². The molecule has 4 rings (SSSR count). The molecular formula is C21H27N5O2. The van der Waals surface area contributed by atoms with Gasteiger partial charge in [0.25, 0.3) is 5.91 Å². The van der Waals surface area contributed by atoms with Gasteiger partial charge in [-0.2, -0.15) is 4.98 Å². The summed E-state index contributed by atoms with van der Waals surface area (Å²) in [6.07, 6.45) is 1.82. The fourth-order valence-corrected chi connectivity index (χ4v) is 3.79. The Morgan fingerprint density at radius 3 is 2.43 bits per heavy atom. The van der Waals surface area contributed by atoms with Crippen LogP contribution in [0.2, 0.25) is 0 Å². The van der Waals surface area contributed by atoms with Gasteiger partial charge in [-0.25, -0.2) is 4.98 Å². The van der Waals surface area contributed by atoms with Crippen LogP contribution in [-0.2, 0) is 4.74 Å². The third-order valence-corrected chi connectivity index (χ3v) is 5.43. The summed E-state index contributed by atoms with van der Waals surface area (Å²) in [7, 11) is 0. The molecule has 0 radical (unpaired) electrons. The van der Waals surface area contributed by atoms with E-state index in [0.717, 1.165) is 49.1 Å². The number of benzene rings is 1. The molecule has 2 aromatic rings. The highest BCUT2D eigenvalue weighted by Gasteiger charge is 2.24. The lowest BCUT2D eigenvalue weighted by Crippen LogP contribution is -2.49. The maximum absolute atomic E-state index is 12.9. The summed E-state index contributed by atoms with van der Waals surface area (Å²) in [5.41, 5.74) is 3.02. The van der Waals surface area contributed by atoms with Crippen molar-refractivity contribution in [3.63, 3.8) is 0 Å². The standard InChI is InChI=1S/C21H27N5O2/c1-16-3-4-18(17(2)15-16)20(27)25-9-7-24(8-10-25)19-5-6-22-21(23-19)26-11-13-28-14-12-26/h3-6,15H,7-14H2,1-2H3. The minimum absolute atomic E-state index is 0.119. The molecule has 2 saturated heterocycles. The monoisotopic (exact) mass is 381 g/mol. The lowest BCUT2D eigenvalue weighted by Gasteiger charge is -2.36. The molecule has 3 heterocycles. The first-order valence-corrected chi connectivity index (χ1v) is 9.89. The Morgan fingerprint density at radius 2 is 1.71 bits per heavy atom. The van der Waals surface area contributed by atoms with Crippen molar-refractivity contribution in [3.05, 3.63) is 47.2 Å². The third kappa shape index (κ3) is 3.94. The maximum Gasteiger partial charge on any atom is 0.254 e. The molecule has 2 aliphatic heterocycles. The average Bonchev–Trinajstić information content (AvgIpc) is 2.74. The van der Waals surface area contributed by atoms with Gasteiger partial charge >= 0.3 is 0 Å². The van der Waals surface area contributed by atoms with Gasteiger partial charge in [-0.1, -0.05) is 17.7 Å². The second-order valence-corrected chi connectivity index (χ2v) is 7.41. The molecule has 28 heavy (non-hydrogen) atoms. The molecule has 7 heteroatoms. The number of piperazine rings is 1. The number of hydrogen-bond acceptors (Lipinski definition) is 6. The van der Waals surface area contributed by atoms with E-state index in [2.05, 4.69) is 20.9 Å². The van der Waals surface area contributed by atoms with Crippen LogP contribution in [-0.4, -0.2) is 73.3 Å². The fourth-order valence-electron chi connectivity index (χ4n) is 3.79. The Balaban J connectivity index is 1.40. The summed E-state index contributed by atoms with van der Waals surface area (Å²) in [6.45, 7) is 10.1. The highest BCUT2D eigenvalue weighted by atomic mass is 16.5. The van der Waals surface area contributed by atoms with Crippen molar-refractivity contribution in [1.82, 2.24) is 14.9 Å². The minimum Gasteiger partial charge on any atom is -0.378 e. The normalized spacial score (nSPS) is 17.7. The van der Waals surface area contributed by atoms with Crippen LogP contribution in [0, 0.1) is 13.8 Å².